The quantitative estimate of drug-likeness (QED) is 0.644. The third kappa shape index (κ3) is 3.05. The van der Waals surface area contributed by atoms with Crippen LogP contribution in [0.5, 0.6) is 0 Å². The number of carbonyl (C=O) groups is 1. The zero-order chi connectivity index (χ0) is 14.5. The molecular weight excluding hydrogens is 262 g/mol. The van der Waals surface area contributed by atoms with E-state index in [1.54, 1.807) is 13.1 Å². The summed E-state index contributed by atoms with van der Waals surface area (Å²) in [6, 6.07) is 4.40. The standard InChI is InChI=1S/C13H17N3O4/c1-14-12-10(5-2-6-11(12)16(18)19)13(17)15-9-4-3-7-20-8-9/h2,5-6,9,14H,3-4,7-8H2,1H3,(H,15,17). The Labute approximate surface area is 116 Å². The number of nitrogens with one attached hydrogen (secondary N) is 2. The SMILES string of the molecule is CNc1c(C(=O)NC2CCCOC2)cccc1[N+](=O)[O-]. The van der Waals surface area contributed by atoms with Crippen molar-refractivity contribution in [3.05, 3.63) is 33.9 Å². The highest BCUT2D eigenvalue weighted by molar-refractivity contribution is 6.01. The molecular formula is C13H17N3O4. The van der Waals surface area contributed by atoms with Gasteiger partial charge in [0.15, 0.2) is 0 Å². The fourth-order valence-corrected chi connectivity index (χ4v) is 2.26. The summed E-state index contributed by atoms with van der Waals surface area (Å²) in [6.07, 6.45) is 1.76. The summed E-state index contributed by atoms with van der Waals surface area (Å²) in [7, 11) is 1.56. The number of nitro groups is 1. The van der Waals surface area contributed by atoms with Crippen molar-refractivity contribution < 1.29 is 14.5 Å². The number of hydrogen-bond donors (Lipinski definition) is 2. The minimum absolute atomic E-state index is 0.0415. The monoisotopic (exact) mass is 279 g/mol. The third-order valence-electron chi connectivity index (χ3n) is 3.23. The zero-order valence-corrected chi connectivity index (χ0v) is 11.2. The van der Waals surface area contributed by atoms with Crippen molar-refractivity contribution in [1.29, 1.82) is 0 Å². The van der Waals surface area contributed by atoms with E-state index in [0.29, 0.717) is 13.2 Å². The summed E-state index contributed by atoms with van der Waals surface area (Å²) in [5, 5.41) is 16.5. The summed E-state index contributed by atoms with van der Waals surface area (Å²) in [4.78, 5) is 22.7. The molecule has 1 unspecified atom stereocenters. The molecule has 1 heterocycles. The molecule has 0 aromatic heterocycles. The number of nitro benzene ring substituents is 1. The minimum atomic E-state index is -0.508. The Balaban J connectivity index is 2.20. The van der Waals surface area contributed by atoms with E-state index in [2.05, 4.69) is 10.6 Å². The maximum absolute atomic E-state index is 12.2. The summed E-state index contributed by atoms with van der Waals surface area (Å²) >= 11 is 0. The molecule has 108 valence electrons. The first-order valence-corrected chi connectivity index (χ1v) is 6.47. The summed E-state index contributed by atoms with van der Waals surface area (Å²) in [5.41, 5.74) is 0.388. The second-order valence-electron chi connectivity index (χ2n) is 4.59. The number of anilines is 1. The second-order valence-corrected chi connectivity index (χ2v) is 4.59. The van der Waals surface area contributed by atoms with E-state index < -0.39 is 4.92 Å². The molecule has 1 aromatic rings. The molecule has 0 spiro atoms. The van der Waals surface area contributed by atoms with E-state index in [9.17, 15) is 14.9 Å². The van der Waals surface area contributed by atoms with E-state index in [4.69, 9.17) is 4.74 Å². The predicted molar refractivity (Wildman–Crippen MR) is 74.0 cm³/mol. The molecule has 1 aliphatic rings. The largest absolute Gasteiger partial charge is 0.382 e. The van der Waals surface area contributed by atoms with Gasteiger partial charge in [-0.15, -0.1) is 0 Å². The van der Waals surface area contributed by atoms with Crippen LogP contribution in [0.15, 0.2) is 18.2 Å². The highest BCUT2D eigenvalue weighted by Crippen LogP contribution is 2.27. The van der Waals surface area contributed by atoms with Gasteiger partial charge in [-0.3, -0.25) is 14.9 Å². The first-order valence-electron chi connectivity index (χ1n) is 6.47. The molecule has 1 amide bonds. The summed E-state index contributed by atoms with van der Waals surface area (Å²) in [5.74, 6) is -0.325. The van der Waals surface area contributed by atoms with Crippen LogP contribution in [0.1, 0.15) is 23.2 Å². The number of amides is 1. The number of para-hydroxylation sites is 1. The van der Waals surface area contributed by atoms with Crippen LogP contribution in [0.4, 0.5) is 11.4 Å². The fourth-order valence-electron chi connectivity index (χ4n) is 2.26. The van der Waals surface area contributed by atoms with Crippen LogP contribution < -0.4 is 10.6 Å². The van der Waals surface area contributed by atoms with Crippen molar-refractivity contribution in [2.75, 3.05) is 25.6 Å². The lowest BCUT2D eigenvalue weighted by molar-refractivity contribution is -0.384. The van der Waals surface area contributed by atoms with Crippen molar-refractivity contribution in [2.45, 2.75) is 18.9 Å². The Hall–Kier alpha value is -2.15. The van der Waals surface area contributed by atoms with Crippen molar-refractivity contribution in [3.8, 4) is 0 Å². The van der Waals surface area contributed by atoms with Gasteiger partial charge in [0, 0.05) is 19.7 Å². The molecule has 7 heteroatoms. The number of hydrogen-bond acceptors (Lipinski definition) is 5. The Morgan fingerprint density at radius 1 is 1.50 bits per heavy atom. The highest BCUT2D eigenvalue weighted by Gasteiger charge is 2.23. The lowest BCUT2D eigenvalue weighted by atomic mass is 10.1. The van der Waals surface area contributed by atoms with Crippen LogP contribution in [-0.4, -0.2) is 37.1 Å². The van der Waals surface area contributed by atoms with Gasteiger partial charge in [0.2, 0.25) is 0 Å². The lowest BCUT2D eigenvalue weighted by Crippen LogP contribution is -2.40. The molecule has 1 aliphatic heterocycles. The molecule has 1 atom stereocenters. The number of rotatable bonds is 4. The van der Waals surface area contributed by atoms with Crippen LogP contribution in [0.25, 0.3) is 0 Å². The number of carbonyl (C=O) groups excluding carboxylic acids is 1. The number of nitrogens with zero attached hydrogens (tertiary/aromatic N) is 1. The van der Waals surface area contributed by atoms with Crippen LogP contribution in [0, 0.1) is 10.1 Å². The number of ether oxygens (including phenoxy) is 1. The molecule has 1 fully saturated rings. The van der Waals surface area contributed by atoms with Gasteiger partial charge in [-0.2, -0.15) is 0 Å². The highest BCUT2D eigenvalue weighted by atomic mass is 16.6. The van der Waals surface area contributed by atoms with Crippen molar-refractivity contribution >= 4 is 17.3 Å². The average Bonchev–Trinajstić information content (AvgIpc) is 2.47. The molecule has 2 N–H and O–H groups in total. The molecule has 1 aromatic carbocycles. The number of benzene rings is 1. The van der Waals surface area contributed by atoms with Crippen LogP contribution >= 0.6 is 0 Å². The van der Waals surface area contributed by atoms with Gasteiger partial charge in [0.25, 0.3) is 11.6 Å². The van der Waals surface area contributed by atoms with E-state index in [1.807, 2.05) is 0 Å². The molecule has 0 aliphatic carbocycles. The second kappa shape index (κ2) is 6.33. The Bertz CT molecular complexity index is 512. The molecule has 2 rings (SSSR count). The molecule has 0 bridgehead atoms. The Kier molecular flexibility index (Phi) is 4.52. The maximum atomic E-state index is 12.2. The molecule has 7 nitrogen and oxygen atoms in total. The Morgan fingerprint density at radius 3 is 2.90 bits per heavy atom. The first-order chi connectivity index (χ1) is 9.63. The topological polar surface area (TPSA) is 93.5 Å². The van der Waals surface area contributed by atoms with Gasteiger partial charge < -0.3 is 15.4 Å². The van der Waals surface area contributed by atoms with Crippen molar-refractivity contribution in [1.82, 2.24) is 5.32 Å². The van der Waals surface area contributed by atoms with Gasteiger partial charge in [-0.1, -0.05) is 6.07 Å². The normalized spacial score (nSPS) is 18.4. The average molecular weight is 279 g/mol. The molecule has 20 heavy (non-hydrogen) atoms. The van der Waals surface area contributed by atoms with E-state index in [-0.39, 0.29) is 28.9 Å². The maximum Gasteiger partial charge on any atom is 0.293 e. The van der Waals surface area contributed by atoms with Gasteiger partial charge in [0.1, 0.15) is 5.69 Å². The molecule has 1 saturated heterocycles. The predicted octanol–water partition coefficient (Wildman–Crippen LogP) is 1.55. The first kappa shape index (κ1) is 14.3. The molecule has 0 radical (unpaired) electrons. The van der Waals surface area contributed by atoms with Crippen molar-refractivity contribution in [2.24, 2.45) is 0 Å². The minimum Gasteiger partial charge on any atom is -0.382 e. The third-order valence-corrected chi connectivity index (χ3v) is 3.23. The van der Waals surface area contributed by atoms with E-state index in [1.165, 1.54) is 12.1 Å². The van der Waals surface area contributed by atoms with Crippen molar-refractivity contribution in [3.63, 3.8) is 0 Å². The Morgan fingerprint density at radius 2 is 2.30 bits per heavy atom. The summed E-state index contributed by atoms with van der Waals surface area (Å²) in [6.45, 7) is 1.19. The van der Waals surface area contributed by atoms with Gasteiger partial charge in [0.05, 0.1) is 23.1 Å². The van der Waals surface area contributed by atoms with E-state index >= 15 is 0 Å². The summed E-state index contributed by atoms with van der Waals surface area (Å²) < 4.78 is 5.30. The van der Waals surface area contributed by atoms with Crippen LogP contribution in [-0.2, 0) is 4.74 Å². The van der Waals surface area contributed by atoms with Crippen LogP contribution in [0.2, 0.25) is 0 Å². The lowest BCUT2D eigenvalue weighted by Gasteiger charge is -2.23. The van der Waals surface area contributed by atoms with Crippen LogP contribution in [0.3, 0.4) is 0 Å². The smallest absolute Gasteiger partial charge is 0.293 e. The zero-order valence-electron chi connectivity index (χ0n) is 11.2. The molecule has 0 saturated carbocycles. The van der Waals surface area contributed by atoms with Gasteiger partial charge in [-0.05, 0) is 18.9 Å². The van der Waals surface area contributed by atoms with Gasteiger partial charge in [-0.25, -0.2) is 0 Å². The fraction of sp³-hybridized carbons (Fsp3) is 0.462. The van der Waals surface area contributed by atoms with E-state index in [0.717, 1.165) is 12.8 Å². The van der Waals surface area contributed by atoms with Gasteiger partial charge >= 0.3 is 0 Å².